The first-order chi connectivity index (χ1) is 7.58. The van der Waals surface area contributed by atoms with E-state index >= 15 is 0 Å². The molecule has 88 valence electrons. The minimum Gasteiger partial charge on any atom is -0.508 e. The molecular weight excluding hydrogens is 204 g/mol. The van der Waals surface area contributed by atoms with Crippen LogP contribution in [0.4, 0.5) is 0 Å². The van der Waals surface area contributed by atoms with Crippen molar-refractivity contribution >= 4 is 5.97 Å². The normalized spacial score (nSPS) is 12.2. The Morgan fingerprint density at radius 2 is 2.19 bits per heavy atom. The number of benzene rings is 1. The molecule has 1 atom stereocenters. The summed E-state index contributed by atoms with van der Waals surface area (Å²) in [6.45, 7) is 3.87. The lowest BCUT2D eigenvalue weighted by Gasteiger charge is -2.14. The molecule has 0 aromatic heterocycles. The number of methoxy groups -OCH3 is 1. The van der Waals surface area contributed by atoms with Crippen LogP contribution >= 0.6 is 0 Å². The van der Waals surface area contributed by atoms with Gasteiger partial charge in [-0.15, -0.1) is 0 Å². The van der Waals surface area contributed by atoms with Gasteiger partial charge in [-0.2, -0.15) is 0 Å². The monoisotopic (exact) mass is 222 g/mol. The molecule has 0 unspecified atom stereocenters. The van der Waals surface area contributed by atoms with Crippen molar-refractivity contribution in [3.05, 3.63) is 29.3 Å². The zero-order valence-electron chi connectivity index (χ0n) is 9.99. The van der Waals surface area contributed by atoms with Gasteiger partial charge in [0.2, 0.25) is 0 Å². The number of hydrogen-bond donors (Lipinski definition) is 1. The summed E-state index contributed by atoms with van der Waals surface area (Å²) in [6.07, 6.45) is 1.20. The fraction of sp³-hybridized carbons (Fsp3) is 0.462. The first kappa shape index (κ1) is 12.6. The van der Waals surface area contributed by atoms with E-state index in [1.165, 1.54) is 7.11 Å². The number of ether oxygens (including phenoxy) is 1. The van der Waals surface area contributed by atoms with E-state index in [1.54, 1.807) is 6.07 Å². The Morgan fingerprint density at radius 1 is 1.50 bits per heavy atom. The van der Waals surface area contributed by atoms with Crippen LogP contribution in [-0.2, 0) is 9.53 Å². The number of carbonyl (C=O) groups is 1. The third-order valence-electron chi connectivity index (χ3n) is 2.84. The molecular formula is C13H18O3. The van der Waals surface area contributed by atoms with Crippen LogP contribution in [0.5, 0.6) is 5.75 Å². The predicted octanol–water partition coefficient (Wildman–Crippen LogP) is 2.76. The second-order valence-corrected chi connectivity index (χ2v) is 3.93. The molecule has 0 saturated heterocycles. The summed E-state index contributed by atoms with van der Waals surface area (Å²) in [5.41, 5.74) is 1.83. The summed E-state index contributed by atoms with van der Waals surface area (Å²) < 4.78 is 4.66. The Balaban J connectivity index is 2.86. The molecule has 0 spiro atoms. The zero-order valence-corrected chi connectivity index (χ0v) is 9.99. The Labute approximate surface area is 96.1 Å². The molecule has 3 nitrogen and oxygen atoms in total. The molecule has 16 heavy (non-hydrogen) atoms. The molecule has 0 aliphatic rings. The summed E-state index contributed by atoms with van der Waals surface area (Å²) in [5.74, 6) is 0.173. The van der Waals surface area contributed by atoms with Gasteiger partial charge in [0, 0.05) is 0 Å². The molecule has 1 aromatic rings. The summed E-state index contributed by atoms with van der Waals surface area (Å²) >= 11 is 0. The first-order valence-corrected chi connectivity index (χ1v) is 5.44. The van der Waals surface area contributed by atoms with E-state index in [0.29, 0.717) is 6.42 Å². The Kier molecular flexibility index (Phi) is 4.35. The second kappa shape index (κ2) is 5.54. The lowest BCUT2D eigenvalue weighted by molar-refractivity contribution is -0.141. The van der Waals surface area contributed by atoms with Crippen molar-refractivity contribution in [3.8, 4) is 5.75 Å². The Bertz CT molecular complexity index is 371. The van der Waals surface area contributed by atoms with Crippen molar-refractivity contribution < 1.29 is 14.6 Å². The molecule has 0 aliphatic carbocycles. The fourth-order valence-corrected chi connectivity index (χ4v) is 1.66. The number of carbonyl (C=O) groups excluding carboxylic acids is 1. The highest BCUT2D eigenvalue weighted by molar-refractivity contribution is 5.70. The van der Waals surface area contributed by atoms with E-state index in [0.717, 1.165) is 17.5 Å². The maximum Gasteiger partial charge on any atom is 0.306 e. The van der Waals surface area contributed by atoms with E-state index in [2.05, 4.69) is 4.74 Å². The third kappa shape index (κ3) is 2.99. The van der Waals surface area contributed by atoms with Gasteiger partial charge >= 0.3 is 5.97 Å². The van der Waals surface area contributed by atoms with Crippen molar-refractivity contribution in [3.63, 3.8) is 0 Å². The highest BCUT2D eigenvalue weighted by atomic mass is 16.5. The van der Waals surface area contributed by atoms with Crippen LogP contribution in [0.3, 0.4) is 0 Å². The lowest BCUT2D eigenvalue weighted by atomic mass is 9.92. The van der Waals surface area contributed by atoms with Crippen LogP contribution < -0.4 is 0 Å². The SMILES string of the molecule is CC[C@@H](CC(=O)OC)c1ccc(C)c(O)c1. The molecule has 0 aliphatic heterocycles. The van der Waals surface area contributed by atoms with Crippen LogP contribution in [0, 0.1) is 6.92 Å². The standard InChI is InChI=1S/C13H18O3/c1-4-10(8-13(15)16-3)11-6-5-9(2)12(14)7-11/h5-7,10,14H,4,8H2,1-3H3/t10-/m0/s1. The number of aromatic hydroxyl groups is 1. The highest BCUT2D eigenvalue weighted by Crippen LogP contribution is 2.28. The van der Waals surface area contributed by atoms with E-state index in [-0.39, 0.29) is 17.6 Å². The van der Waals surface area contributed by atoms with Crippen LogP contribution in [0.1, 0.15) is 36.8 Å². The number of aryl methyl sites for hydroxylation is 1. The molecule has 0 bridgehead atoms. The summed E-state index contributed by atoms with van der Waals surface area (Å²) in [7, 11) is 1.39. The van der Waals surface area contributed by atoms with E-state index in [4.69, 9.17) is 0 Å². The van der Waals surface area contributed by atoms with Gasteiger partial charge in [0.05, 0.1) is 13.5 Å². The predicted molar refractivity (Wildman–Crippen MR) is 62.5 cm³/mol. The number of phenols is 1. The van der Waals surface area contributed by atoms with Gasteiger partial charge in [-0.25, -0.2) is 0 Å². The van der Waals surface area contributed by atoms with Gasteiger partial charge in [-0.1, -0.05) is 19.1 Å². The van der Waals surface area contributed by atoms with Crippen LogP contribution in [0.2, 0.25) is 0 Å². The van der Waals surface area contributed by atoms with Crippen LogP contribution in [-0.4, -0.2) is 18.2 Å². The van der Waals surface area contributed by atoms with Gasteiger partial charge in [-0.05, 0) is 36.5 Å². The fourth-order valence-electron chi connectivity index (χ4n) is 1.66. The molecule has 0 heterocycles. The van der Waals surface area contributed by atoms with Crippen molar-refractivity contribution in [1.82, 2.24) is 0 Å². The van der Waals surface area contributed by atoms with Gasteiger partial charge in [0.1, 0.15) is 5.75 Å². The first-order valence-electron chi connectivity index (χ1n) is 5.44. The minimum absolute atomic E-state index is 0.110. The number of rotatable bonds is 4. The number of phenolic OH excluding ortho intramolecular Hbond substituents is 1. The topological polar surface area (TPSA) is 46.5 Å². The van der Waals surface area contributed by atoms with E-state index in [9.17, 15) is 9.90 Å². The summed E-state index contributed by atoms with van der Waals surface area (Å²) in [5, 5.41) is 9.62. The van der Waals surface area contributed by atoms with Gasteiger partial charge in [0.15, 0.2) is 0 Å². The van der Waals surface area contributed by atoms with Gasteiger partial charge in [-0.3, -0.25) is 4.79 Å². The Hall–Kier alpha value is -1.51. The molecule has 0 amide bonds. The zero-order chi connectivity index (χ0) is 12.1. The molecule has 0 saturated carbocycles. The lowest BCUT2D eigenvalue weighted by Crippen LogP contribution is -2.08. The quantitative estimate of drug-likeness (QED) is 0.797. The molecule has 1 aromatic carbocycles. The minimum atomic E-state index is -0.216. The highest BCUT2D eigenvalue weighted by Gasteiger charge is 2.15. The molecule has 1 N–H and O–H groups in total. The number of esters is 1. The van der Waals surface area contributed by atoms with Crippen LogP contribution in [0.25, 0.3) is 0 Å². The van der Waals surface area contributed by atoms with Gasteiger partial charge in [0.25, 0.3) is 0 Å². The Morgan fingerprint density at radius 3 is 2.69 bits per heavy atom. The van der Waals surface area contributed by atoms with Crippen molar-refractivity contribution in [2.24, 2.45) is 0 Å². The molecule has 0 fully saturated rings. The molecule has 3 heteroatoms. The van der Waals surface area contributed by atoms with Gasteiger partial charge < -0.3 is 9.84 Å². The summed E-state index contributed by atoms with van der Waals surface area (Å²) in [6, 6.07) is 5.54. The van der Waals surface area contributed by atoms with Crippen molar-refractivity contribution in [2.45, 2.75) is 32.6 Å². The molecule has 0 radical (unpaired) electrons. The van der Waals surface area contributed by atoms with Crippen molar-refractivity contribution in [1.29, 1.82) is 0 Å². The van der Waals surface area contributed by atoms with E-state index < -0.39 is 0 Å². The maximum atomic E-state index is 11.2. The molecule has 1 rings (SSSR count). The average Bonchev–Trinajstić information content (AvgIpc) is 2.29. The third-order valence-corrected chi connectivity index (χ3v) is 2.84. The van der Waals surface area contributed by atoms with E-state index in [1.807, 2.05) is 26.0 Å². The van der Waals surface area contributed by atoms with Crippen molar-refractivity contribution in [2.75, 3.05) is 7.11 Å². The largest absolute Gasteiger partial charge is 0.508 e. The second-order valence-electron chi connectivity index (χ2n) is 3.93. The number of hydrogen-bond acceptors (Lipinski definition) is 3. The van der Waals surface area contributed by atoms with Crippen LogP contribution in [0.15, 0.2) is 18.2 Å². The average molecular weight is 222 g/mol. The smallest absolute Gasteiger partial charge is 0.306 e. The summed E-state index contributed by atoms with van der Waals surface area (Å²) in [4.78, 5) is 11.2. The maximum absolute atomic E-state index is 11.2.